The van der Waals surface area contributed by atoms with E-state index in [9.17, 15) is 9.90 Å². The predicted octanol–water partition coefficient (Wildman–Crippen LogP) is 3.57. The molecular weight excluding hydrogens is 264 g/mol. The molecule has 0 aromatic rings. The van der Waals surface area contributed by atoms with Gasteiger partial charge in [-0.3, -0.25) is 0 Å². The van der Waals surface area contributed by atoms with Gasteiger partial charge >= 0.3 is 6.09 Å². The van der Waals surface area contributed by atoms with Crippen molar-refractivity contribution in [1.29, 1.82) is 0 Å². The van der Waals surface area contributed by atoms with Gasteiger partial charge in [0.2, 0.25) is 0 Å². The molecule has 3 atom stereocenters. The molecule has 4 nitrogen and oxygen atoms in total. The molecule has 1 saturated carbocycles. The summed E-state index contributed by atoms with van der Waals surface area (Å²) in [5.74, 6) is 1.44. The van der Waals surface area contributed by atoms with Crippen LogP contribution in [-0.2, 0) is 0 Å². The van der Waals surface area contributed by atoms with Crippen molar-refractivity contribution in [2.75, 3.05) is 19.6 Å². The number of rotatable bonds is 3. The number of carboxylic acid groups (broad SMARTS) is 1. The van der Waals surface area contributed by atoms with Crippen LogP contribution in [0.4, 0.5) is 4.79 Å². The topological polar surface area (TPSA) is 52.6 Å². The third kappa shape index (κ3) is 3.91. The molecule has 0 radical (unpaired) electrons. The predicted molar refractivity (Wildman–Crippen MR) is 85.5 cm³/mol. The van der Waals surface area contributed by atoms with E-state index in [1.807, 2.05) is 0 Å². The first kappa shape index (κ1) is 16.6. The van der Waals surface area contributed by atoms with Crippen molar-refractivity contribution in [1.82, 2.24) is 10.2 Å². The molecule has 122 valence electrons. The molecule has 0 aromatic carbocycles. The van der Waals surface area contributed by atoms with Crippen LogP contribution >= 0.6 is 0 Å². The van der Waals surface area contributed by atoms with E-state index in [1.54, 1.807) is 0 Å². The number of likely N-dealkylation sites (tertiary alicyclic amines) is 1. The number of hydrogen-bond acceptors (Lipinski definition) is 2. The van der Waals surface area contributed by atoms with E-state index < -0.39 is 6.09 Å². The summed E-state index contributed by atoms with van der Waals surface area (Å²) in [7, 11) is 0. The largest absolute Gasteiger partial charge is 0.465 e. The summed E-state index contributed by atoms with van der Waals surface area (Å²) in [6, 6.07) is 0. The summed E-state index contributed by atoms with van der Waals surface area (Å²) in [4.78, 5) is 13.8. The molecule has 2 rings (SSSR count). The Hall–Kier alpha value is -0.770. The van der Waals surface area contributed by atoms with E-state index in [2.05, 4.69) is 37.9 Å². The Morgan fingerprint density at radius 1 is 1.38 bits per heavy atom. The molecule has 1 aliphatic carbocycles. The van der Waals surface area contributed by atoms with Gasteiger partial charge in [0.25, 0.3) is 0 Å². The third-order valence-electron chi connectivity index (χ3n) is 5.66. The first-order valence-electron chi connectivity index (χ1n) is 8.45. The summed E-state index contributed by atoms with van der Waals surface area (Å²) in [6.07, 6.45) is 4.88. The molecule has 0 aromatic heterocycles. The standard InChI is InChI=1S/C17H32N2O2/c1-13-6-5-9-19(11-13)12-14-7-8-17(10-14,16(2,3)4)18-15(20)21/h13-14,18H,5-12H2,1-4H3,(H,20,21)/t13?,14-,17?/m0/s1. The van der Waals surface area contributed by atoms with Gasteiger partial charge in [-0.05, 0) is 55.9 Å². The van der Waals surface area contributed by atoms with E-state index in [0.717, 1.165) is 31.7 Å². The third-order valence-corrected chi connectivity index (χ3v) is 5.66. The van der Waals surface area contributed by atoms with Gasteiger partial charge in [-0.2, -0.15) is 0 Å². The second-order valence-corrected chi connectivity index (χ2v) is 8.38. The average molecular weight is 296 g/mol. The van der Waals surface area contributed by atoms with Crippen LogP contribution in [0, 0.1) is 17.3 Å². The molecule has 0 spiro atoms. The van der Waals surface area contributed by atoms with Gasteiger partial charge in [-0.1, -0.05) is 27.7 Å². The van der Waals surface area contributed by atoms with Crippen LogP contribution in [0.1, 0.15) is 59.8 Å². The minimum atomic E-state index is -0.878. The number of amides is 1. The number of piperidine rings is 1. The Bertz CT molecular complexity index is 377. The maximum Gasteiger partial charge on any atom is 0.405 e. The molecule has 2 N–H and O–H groups in total. The van der Waals surface area contributed by atoms with E-state index in [1.165, 1.54) is 25.9 Å². The smallest absolute Gasteiger partial charge is 0.405 e. The van der Waals surface area contributed by atoms with Gasteiger partial charge in [-0.15, -0.1) is 0 Å². The molecule has 0 bridgehead atoms. The van der Waals surface area contributed by atoms with Crippen LogP contribution in [0.3, 0.4) is 0 Å². The van der Waals surface area contributed by atoms with E-state index in [4.69, 9.17) is 0 Å². The lowest BCUT2D eigenvalue weighted by atomic mass is 9.72. The zero-order chi connectivity index (χ0) is 15.7. The van der Waals surface area contributed by atoms with Crippen molar-refractivity contribution in [3.8, 4) is 0 Å². The fourth-order valence-electron chi connectivity index (χ4n) is 4.31. The molecule has 2 aliphatic rings. The summed E-state index contributed by atoms with van der Waals surface area (Å²) in [5.41, 5.74) is -0.291. The summed E-state index contributed by atoms with van der Waals surface area (Å²) < 4.78 is 0. The van der Waals surface area contributed by atoms with Crippen LogP contribution in [0.25, 0.3) is 0 Å². The molecule has 2 unspecified atom stereocenters. The van der Waals surface area contributed by atoms with Crippen LogP contribution in [0.5, 0.6) is 0 Å². The fourth-order valence-corrected chi connectivity index (χ4v) is 4.31. The SMILES string of the molecule is CC1CCCN(C[C@H]2CCC(NC(=O)O)(C(C)(C)C)C2)C1. The lowest BCUT2D eigenvalue weighted by Crippen LogP contribution is -2.55. The first-order valence-corrected chi connectivity index (χ1v) is 8.45. The highest BCUT2D eigenvalue weighted by molar-refractivity contribution is 5.66. The molecule has 1 amide bonds. The quantitative estimate of drug-likeness (QED) is 0.837. The summed E-state index contributed by atoms with van der Waals surface area (Å²) in [5, 5.41) is 12.1. The summed E-state index contributed by atoms with van der Waals surface area (Å²) >= 11 is 0. The highest BCUT2D eigenvalue weighted by Crippen LogP contribution is 2.46. The monoisotopic (exact) mass is 296 g/mol. The maximum atomic E-state index is 11.2. The molecule has 1 saturated heterocycles. The lowest BCUT2D eigenvalue weighted by molar-refractivity contribution is 0.111. The van der Waals surface area contributed by atoms with Gasteiger partial charge < -0.3 is 15.3 Å². The summed E-state index contributed by atoms with van der Waals surface area (Å²) in [6.45, 7) is 12.4. The molecule has 1 aliphatic heterocycles. The normalized spacial score (nSPS) is 34.9. The van der Waals surface area contributed by atoms with Crippen molar-refractivity contribution in [2.45, 2.75) is 65.3 Å². The molecule has 1 heterocycles. The van der Waals surface area contributed by atoms with Crippen LogP contribution in [-0.4, -0.2) is 41.3 Å². The van der Waals surface area contributed by atoms with E-state index in [0.29, 0.717) is 5.92 Å². The number of nitrogens with one attached hydrogen (secondary N) is 1. The van der Waals surface area contributed by atoms with Gasteiger partial charge in [0.15, 0.2) is 0 Å². The van der Waals surface area contributed by atoms with Crippen molar-refractivity contribution in [2.24, 2.45) is 17.3 Å². The molecular formula is C17H32N2O2. The lowest BCUT2D eigenvalue weighted by Gasteiger charge is -2.42. The Labute approximate surface area is 129 Å². The number of nitrogens with zero attached hydrogens (tertiary/aromatic N) is 1. The second kappa shape index (κ2) is 6.15. The number of carbonyl (C=O) groups is 1. The van der Waals surface area contributed by atoms with Crippen molar-refractivity contribution in [3.63, 3.8) is 0 Å². The highest BCUT2D eigenvalue weighted by atomic mass is 16.4. The Morgan fingerprint density at radius 2 is 2.10 bits per heavy atom. The Morgan fingerprint density at radius 3 is 2.67 bits per heavy atom. The maximum absolute atomic E-state index is 11.2. The van der Waals surface area contributed by atoms with E-state index in [-0.39, 0.29) is 11.0 Å². The van der Waals surface area contributed by atoms with Crippen molar-refractivity contribution >= 4 is 6.09 Å². The highest BCUT2D eigenvalue weighted by Gasteiger charge is 2.48. The molecule has 4 heteroatoms. The second-order valence-electron chi connectivity index (χ2n) is 8.38. The van der Waals surface area contributed by atoms with Crippen molar-refractivity contribution in [3.05, 3.63) is 0 Å². The van der Waals surface area contributed by atoms with Gasteiger partial charge in [0.05, 0.1) is 0 Å². The minimum absolute atomic E-state index is 0.0324. The van der Waals surface area contributed by atoms with Crippen molar-refractivity contribution < 1.29 is 9.90 Å². The van der Waals surface area contributed by atoms with Crippen LogP contribution in [0.2, 0.25) is 0 Å². The average Bonchev–Trinajstić information content (AvgIpc) is 2.72. The fraction of sp³-hybridized carbons (Fsp3) is 0.941. The zero-order valence-electron chi connectivity index (χ0n) is 14.1. The first-order chi connectivity index (χ1) is 9.72. The zero-order valence-corrected chi connectivity index (χ0v) is 14.1. The number of hydrogen-bond donors (Lipinski definition) is 2. The molecule has 2 fully saturated rings. The van der Waals surface area contributed by atoms with E-state index >= 15 is 0 Å². The Kier molecular flexibility index (Phi) is 4.86. The molecule has 21 heavy (non-hydrogen) atoms. The van der Waals surface area contributed by atoms with Crippen LogP contribution in [0.15, 0.2) is 0 Å². The van der Waals surface area contributed by atoms with Gasteiger partial charge in [0.1, 0.15) is 0 Å². The van der Waals surface area contributed by atoms with Gasteiger partial charge in [0, 0.05) is 18.6 Å². The van der Waals surface area contributed by atoms with Crippen LogP contribution < -0.4 is 5.32 Å². The Balaban J connectivity index is 1.98. The minimum Gasteiger partial charge on any atom is -0.465 e. The van der Waals surface area contributed by atoms with Gasteiger partial charge in [-0.25, -0.2) is 4.79 Å².